The molecule has 0 bridgehead atoms. The standard InChI is InChI=1S/C20H19NO4/c1-13-3-7-15(8-4-13)17-18(22)20(24)21(19(17)23)12-11-14-5-9-16(25-2)10-6-14/h3-10,22H,11-12H2,1-2H3. The van der Waals surface area contributed by atoms with Crippen molar-refractivity contribution in [3.8, 4) is 5.75 Å². The number of aliphatic hydroxyl groups excluding tert-OH is 1. The zero-order valence-electron chi connectivity index (χ0n) is 14.2. The van der Waals surface area contributed by atoms with Crippen LogP contribution in [0.1, 0.15) is 16.7 Å². The fourth-order valence-electron chi connectivity index (χ4n) is 2.78. The molecule has 2 amide bonds. The Bertz CT molecular complexity index is 835. The van der Waals surface area contributed by atoms with Gasteiger partial charge in [-0.1, -0.05) is 42.0 Å². The topological polar surface area (TPSA) is 66.8 Å². The van der Waals surface area contributed by atoms with E-state index in [0.717, 1.165) is 21.8 Å². The first kappa shape index (κ1) is 16.8. The van der Waals surface area contributed by atoms with E-state index in [-0.39, 0.29) is 12.1 Å². The number of ether oxygens (including phenoxy) is 1. The molecule has 0 fully saturated rings. The minimum atomic E-state index is -0.644. The predicted octanol–water partition coefficient (Wildman–Crippen LogP) is 2.88. The normalized spacial score (nSPS) is 14.4. The minimum Gasteiger partial charge on any atom is -0.502 e. The highest BCUT2D eigenvalue weighted by atomic mass is 16.5. The van der Waals surface area contributed by atoms with Crippen molar-refractivity contribution >= 4 is 17.4 Å². The summed E-state index contributed by atoms with van der Waals surface area (Å²) in [6.07, 6.45) is 0.510. The predicted molar refractivity (Wildman–Crippen MR) is 94.1 cm³/mol. The number of benzene rings is 2. The lowest BCUT2D eigenvalue weighted by Gasteiger charge is -2.14. The maximum Gasteiger partial charge on any atom is 0.296 e. The number of rotatable bonds is 5. The molecule has 0 atom stereocenters. The SMILES string of the molecule is COc1ccc(CCN2C(=O)C(O)=C(c3ccc(C)cc3)C2=O)cc1. The lowest BCUT2D eigenvalue weighted by Crippen LogP contribution is -2.33. The van der Waals surface area contributed by atoms with Gasteiger partial charge in [0, 0.05) is 6.54 Å². The summed E-state index contributed by atoms with van der Waals surface area (Å²) in [4.78, 5) is 26.0. The Hall–Kier alpha value is -3.08. The highest BCUT2D eigenvalue weighted by Crippen LogP contribution is 2.28. The second-order valence-electron chi connectivity index (χ2n) is 5.95. The quantitative estimate of drug-likeness (QED) is 0.852. The molecule has 0 aliphatic carbocycles. The van der Waals surface area contributed by atoms with Crippen molar-refractivity contribution in [1.82, 2.24) is 4.90 Å². The van der Waals surface area contributed by atoms with E-state index in [4.69, 9.17) is 4.74 Å². The third kappa shape index (κ3) is 3.26. The molecule has 0 unspecified atom stereocenters. The van der Waals surface area contributed by atoms with Gasteiger partial charge in [-0.05, 0) is 36.6 Å². The number of aliphatic hydroxyl groups is 1. The van der Waals surface area contributed by atoms with Crippen LogP contribution >= 0.6 is 0 Å². The Morgan fingerprint density at radius 3 is 2.20 bits per heavy atom. The largest absolute Gasteiger partial charge is 0.502 e. The highest BCUT2D eigenvalue weighted by Gasteiger charge is 2.38. The summed E-state index contributed by atoms with van der Waals surface area (Å²) in [7, 11) is 1.59. The summed E-state index contributed by atoms with van der Waals surface area (Å²) in [6, 6.07) is 14.6. The Labute approximate surface area is 146 Å². The fraction of sp³-hybridized carbons (Fsp3) is 0.200. The molecule has 5 nitrogen and oxygen atoms in total. The van der Waals surface area contributed by atoms with Gasteiger partial charge < -0.3 is 9.84 Å². The van der Waals surface area contributed by atoms with E-state index in [1.807, 2.05) is 43.3 Å². The Balaban J connectivity index is 1.75. The fourth-order valence-corrected chi connectivity index (χ4v) is 2.78. The van der Waals surface area contributed by atoms with Crippen LogP contribution in [0.3, 0.4) is 0 Å². The van der Waals surface area contributed by atoms with Gasteiger partial charge in [0.25, 0.3) is 11.8 Å². The summed E-state index contributed by atoms with van der Waals surface area (Å²) in [5.41, 5.74) is 2.63. The van der Waals surface area contributed by atoms with Crippen molar-refractivity contribution in [2.45, 2.75) is 13.3 Å². The Morgan fingerprint density at radius 1 is 0.960 bits per heavy atom. The zero-order valence-corrected chi connectivity index (χ0v) is 14.2. The molecule has 128 valence electrons. The van der Waals surface area contributed by atoms with Crippen molar-refractivity contribution in [3.05, 3.63) is 71.0 Å². The van der Waals surface area contributed by atoms with Gasteiger partial charge in [0.15, 0.2) is 5.76 Å². The third-order valence-electron chi connectivity index (χ3n) is 4.27. The zero-order chi connectivity index (χ0) is 18.0. The summed E-state index contributed by atoms with van der Waals surface area (Å²) >= 11 is 0. The number of hydrogen-bond acceptors (Lipinski definition) is 4. The highest BCUT2D eigenvalue weighted by molar-refractivity contribution is 6.34. The van der Waals surface area contributed by atoms with E-state index >= 15 is 0 Å². The summed E-state index contributed by atoms with van der Waals surface area (Å²) in [6.45, 7) is 2.14. The van der Waals surface area contributed by atoms with Crippen molar-refractivity contribution in [2.75, 3.05) is 13.7 Å². The summed E-state index contributed by atoms with van der Waals surface area (Å²) < 4.78 is 5.11. The molecular formula is C20H19NO4. The van der Waals surface area contributed by atoms with Crippen LogP contribution in [0.4, 0.5) is 0 Å². The number of hydrogen-bond donors (Lipinski definition) is 1. The van der Waals surface area contributed by atoms with E-state index in [1.165, 1.54) is 0 Å². The molecule has 2 aromatic carbocycles. The minimum absolute atomic E-state index is 0.0692. The molecule has 5 heteroatoms. The maximum atomic E-state index is 12.6. The number of imide groups is 1. The molecule has 0 aromatic heterocycles. The van der Waals surface area contributed by atoms with Gasteiger partial charge in [-0.25, -0.2) is 0 Å². The van der Waals surface area contributed by atoms with Gasteiger partial charge in [0.2, 0.25) is 0 Å². The van der Waals surface area contributed by atoms with Crippen molar-refractivity contribution in [3.63, 3.8) is 0 Å². The first-order chi connectivity index (χ1) is 12.0. The molecule has 1 heterocycles. The number of amides is 2. The van der Waals surface area contributed by atoms with Gasteiger partial charge in [-0.2, -0.15) is 0 Å². The molecule has 0 saturated heterocycles. The Morgan fingerprint density at radius 2 is 1.60 bits per heavy atom. The first-order valence-electron chi connectivity index (χ1n) is 8.00. The van der Waals surface area contributed by atoms with Crippen molar-refractivity contribution in [1.29, 1.82) is 0 Å². The number of nitrogens with zero attached hydrogens (tertiary/aromatic N) is 1. The molecule has 1 N–H and O–H groups in total. The van der Waals surface area contributed by atoms with Gasteiger partial charge in [0.1, 0.15) is 5.75 Å². The first-order valence-corrected chi connectivity index (χ1v) is 8.00. The average molecular weight is 337 g/mol. The second kappa shape index (κ2) is 6.81. The van der Waals surface area contributed by atoms with Crippen molar-refractivity contribution < 1.29 is 19.4 Å². The van der Waals surface area contributed by atoms with Crippen LogP contribution in [0.15, 0.2) is 54.3 Å². The van der Waals surface area contributed by atoms with Crippen molar-refractivity contribution in [2.24, 2.45) is 0 Å². The molecular weight excluding hydrogens is 318 g/mol. The van der Waals surface area contributed by atoms with Crippen LogP contribution in [-0.4, -0.2) is 35.5 Å². The number of carbonyl (C=O) groups is 2. The molecule has 0 radical (unpaired) electrons. The molecule has 3 rings (SSSR count). The monoisotopic (exact) mass is 337 g/mol. The summed E-state index contributed by atoms with van der Waals surface area (Å²) in [5, 5.41) is 10.1. The summed E-state index contributed by atoms with van der Waals surface area (Å²) in [5.74, 6) is -0.837. The lowest BCUT2D eigenvalue weighted by atomic mass is 10.0. The number of methoxy groups -OCH3 is 1. The number of aryl methyl sites for hydroxylation is 1. The lowest BCUT2D eigenvalue weighted by molar-refractivity contribution is -0.138. The van der Waals surface area contributed by atoms with Crippen LogP contribution in [-0.2, 0) is 16.0 Å². The van der Waals surface area contributed by atoms with E-state index in [2.05, 4.69) is 0 Å². The van der Waals surface area contributed by atoms with E-state index in [0.29, 0.717) is 12.0 Å². The van der Waals surface area contributed by atoms with Gasteiger partial charge in [-0.15, -0.1) is 0 Å². The second-order valence-corrected chi connectivity index (χ2v) is 5.95. The van der Waals surface area contributed by atoms with Crippen LogP contribution in [0.25, 0.3) is 5.57 Å². The molecule has 2 aromatic rings. The van der Waals surface area contributed by atoms with Crippen LogP contribution in [0.5, 0.6) is 5.75 Å². The maximum absolute atomic E-state index is 12.6. The average Bonchev–Trinajstić information content (AvgIpc) is 2.84. The van der Waals surface area contributed by atoms with E-state index < -0.39 is 17.6 Å². The van der Waals surface area contributed by atoms with E-state index in [9.17, 15) is 14.7 Å². The van der Waals surface area contributed by atoms with Crippen LogP contribution in [0.2, 0.25) is 0 Å². The molecule has 0 saturated carbocycles. The molecule has 1 aliphatic rings. The van der Waals surface area contributed by atoms with Gasteiger partial charge in [-0.3, -0.25) is 14.5 Å². The molecule has 25 heavy (non-hydrogen) atoms. The third-order valence-corrected chi connectivity index (χ3v) is 4.27. The molecule has 1 aliphatic heterocycles. The van der Waals surface area contributed by atoms with E-state index in [1.54, 1.807) is 19.2 Å². The van der Waals surface area contributed by atoms with Gasteiger partial charge >= 0.3 is 0 Å². The van der Waals surface area contributed by atoms with Gasteiger partial charge in [0.05, 0.1) is 12.7 Å². The van der Waals surface area contributed by atoms with Crippen LogP contribution < -0.4 is 4.74 Å². The number of carbonyl (C=O) groups excluding carboxylic acids is 2. The Kier molecular flexibility index (Phi) is 4.57. The van der Waals surface area contributed by atoms with Crippen LogP contribution in [0, 0.1) is 6.92 Å². The smallest absolute Gasteiger partial charge is 0.296 e. The molecule has 0 spiro atoms.